The minimum Gasteiger partial charge on any atom is -0.435 e. The Kier molecular flexibility index (Phi) is 8.71. The van der Waals surface area contributed by atoms with Crippen molar-refractivity contribution in [2.45, 2.75) is 25.2 Å². The summed E-state index contributed by atoms with van der Waals surface area (Å²) in [6, 6.07) is 15.0. The van der Waals surface area contributed by atoms with Crippen LogP contribution in [0.25, 0.3) is 0 Å². The summed E-state index contributed by atoms with van der Waals surface area (Å²) in [6.07, 6.45) is 0.133. The first-order valence-electron chi connectivity index (χ1n) is 10.5. The van der Waals surface area contributed by atoms with Crippen LogP contribution in [0.3, 0.4) is 0 Å². The number of nitrogens with one attached hydrogen (secondary N) is 2. The molecule has 6 nitrogen and oxygen atoms in total. The average Bonchev–Trinajstić information content (AvgIpc) is 2.78. The van der Waals surface area contributed by atoms with Crippen molar-refractivity contribution in [2.24, 2.45) is 0 Å². The lowest BCUT2D eigenvalue weighted by Gasteiger charge is -2.22. The first-order chi connectivity index (χ1) is 16.5. The van der Waals surface area contributed by atoms with Crippen molar-refractivity contribution in [3.05, 3.63) is 95.1 Å². The fourth-order valence-corrected chi connectivity index (χ4v) is 4.00. The third kappa shape index (κ3) is 8.23. The van der Waals surface area contributed by atoms with Crippen molar-refractivity contribution >= 4 is 15.7 Å². The third-order valence-corrected chi connectivity index (χ3v) is 5.68. The molecule has 3 rings (SSSR count). The molecule has 0 aliphatic carbocycles. The molecule has 0 bridgehead atoms. The Bertz CT molecular complexity index is 1220. The molecule has 0 fully saturated rings. The minimum atomic E-state index is -3.72. The molecule has 0 aliphatic heterocycles. The van der Waals surface area contributed by atoms with Gasteiger partial charge in [-0.3, -0.25) is 4.72 Å². The molecule has 0 aliphatic rings. The van der Waals surface area contributed by atoms with Crippen LogP contribution >= 0.6 is 0 Å². The number of aliphatic hydroxyl groups is 1. The summed E-state index contributed by atoms with van der Waals surface area (Å²) in [7, 11) is -3.72. The van der Waals surface area contributed by atoms with Gasteiger partial charge in [0.25, 0.3) is 0 Å². The monoisotopic (exact) mass is 512 g/mol. The van der Waals surface area contributed by atoms with Gasteiger partial charge in [-0.25, -0.2) is 17.2 Å². The highest BCUT2D eigenvalue weighted by molar-refractivity contribution is 7.92. The topological polar surface area (TPSA) is 87.7 Å². The second-order valence-electron chi connectivity index (χ2n) is 7.87. The Labute approximate surface area is 200 Å². The number of halogens is 4. The molecule has 3 aromatic carbocycles. The van der Waals surface area contributed by atoms with E-state index in [2.05, 4.69) is 14.8 Å². The zero-order valence-electron chi connectivity index (χ0n) is 18.6. The van der Waals surface area contributed by atoms with Gasteiger partial charge in [0.05, 0.1) is 18.0 Å². The van der Waals surface area contributed by atoms with E-state index in [1.165, 1.54) is 36.4 Å². The predicted octanol–water partition coefficient (Wildman–Crippen LogP) is 4.54. The maximum Gasteiger partial charge on any atom is 0.387 e. The van der Waals surface area contributed by atoms with E-state index in [1.54, 1.807) is 24.3 Å². The molecule has 2 atom stereocenters. The maximum absolute atomic E-state index is 14.0. The van der Waals surface area contributed by atoms with Crippen LogP contribution in [0.4, 0.5) is 23.2 Å². The molecule has 0 saturated carbocycles. The molecule has 11 heteroatoms. The SMILES string of the molecule is CS(=O)(=O)Nc1cc([C@@H](O)CN[C@H](Cc2ccc(F)cc2)c2ccc(OC(F)F)cc2)ccc1F. The number of aliphatic hydroxyl groups excluding tert-OH is 1. The van der Waals surface area contributed by atoms with Gasteiger partial charge in [-0.2, -0.15) is 8.78 Å². The summed E-state index contributed by atoms with van der Waals surface area (Å²) in [4.78, 5) is 0. The van der Waals surface area contributed by atoms with Gasteiger partial charge in [0.15, 0.2) is 0 Å². The number of hydrogen-bond donors (Lipinski definition) is 3. The number of ether oxygens (including phenoxy) is 1. The van der Waals surface area contributed by atoms with Crippen LogP contribution in [0.2, 0.25) is 0 Å². The standard InChI is InChI=1S/C24H24F4N2O4S/c1-35(32,33)30-22-13-17(6-11-20(22)26)23(31)14-29-21(12-15-2-7-18(25)8-3-15)16-4-9-19(10-5-16)34-24(27)28/h2-11,13,21,23-24,29-31H,12,14H2,1H3/t21-,23+/m1/s1. The largest absolute Gasteiger partial charge is 0.435 e. The van der Waals surface area contributed by atoms with Crippen LogP contribution in [0.5, 0.6) is 5.75 Å². The molecule has 3 N–H and O–H groups in total. The summed E-state index contributed by atoms with van der Waals surface area (Å²) in [5, 5.41) is 13.8. The lowest BCUT2D eigenvalue weighted by atomic mass is 9.98. The van der Waals surface area contributed by atoms with E-state index >= 15 is 0 Å². The molecule has 0 aromatic heterocycles. The van der Waals surface area contributed by atoms with Crippen LogP contribution in [-0.2, 0) is 16.4 Å². The Balaban J connectivity index is 1.78. The van der Waals surface area contributed by atoms with Gasteiger partial charge in [0.1, 0.15) is 17.4 Å². The van der Waals surface area contributed by atoms with E-state index in [-0.39, 0.29) is 23.5 Å². The fraction of sp³-hybridized carbons (Fsp3) is 0.250. The van der Waals surface area contributed by atoms with Crippen LogP contribution in [0.15, 0.2) is 66.7 Å². The van der Waals surface area contributed by atoms with Gasteiger partial charge in [-0.15, -0.1) is 0 Å². The Morgan fingerprint density at radius 3 is 2.17 bits per heavy atom. The minimum absolute atomic E-state index is 0.00884. The van der Waals surface area contributed by atoms with Crippen LogP contribution in [0, 0.1) is 11.6 Å². The van der Waals surface area contributed by atoms with Crippen LogP contribution in [0.1, 0.15) is 28.8 Å². The molecule has 188 valence electrons. The average molecular weight is 513 g/mol. The highest BCUT2D eigenvalue weighted by Gasteiger charge is 2.18. The second-order valence-corrected chi connectivity index (χ2v) is 9.62. The smallest absolute Gasteiger partial charge is 0.387 e. The number of sulfonamides is 1. The molecule has 0 spiro atoms. The van der Waals surface area contributed by atoms with Crippen molar-refractivity contribution < 1.29 is 35.8 Å². The first-order valence-corrected chi connectivity index (χ1v) is 12.4. The summed E-state index contributed by atoms with van der Waals surface area (Å²) in [5.41, 5.74) is 1.46. The predicted molar refractivity (Wildman–Crippen MR) is 124 cm³/mol. The summed E-state index contributed by atoms with van der Waals surface area (Å²) in [6.45, 7) is -2.97. The normalized spacial score (nSPS) is 13.5. The van der Waals surface area contributed by atoms with Crippen molar-refractivity contribution in [3.8, 4) is 5.75 Å². The number of benzene rings is 3. The van der Waals surface area contributed by atoms with Crippen molar-refractivity contribution in [1.82, 2.24) is 5.32 Å². The molecule has 35 heavy (non-hydrogen) atoms. The maximum atomic E-state index is 14.0. The summed E-state index contributed by atoms with van der Waals surface area (Å²) < 4.78 is 81.6. The van der Waals surface area contributed by atoms with Gasteiger partial charge in [-0.05, 0) is 59.5 Å². The number of rotatable bonds is 11. The van der Waals surface area contributed by atoms with Crippen LogP contribution < -0.4 is 14.8 Å². The quantitative estimate of drug-likeness (QED) is 0.328. The van der Waals surface area contributed by atoms with Gasteiger partial charge in [-0.1, -0.05) is 30.3 Å². The Hall–Kier alpha value is -3.15. The van der Waals surface area contributed by atoms with Gasteiger partial charge < -0.3 is 15.2 Å². The number of alkyl halides is 2. The molecule has 3 aromatic rings. The highest BCUT2D eigenvalue weighted by Crippen LogP contribution is 2.25. The van der Waals surface area contributed by atoms with E-state index in [0.717, 1.165) is 17.9 Å². The van der Waals surface area contributed by atoms with Gasteiger partial charge in [0.2, 0.25) is 10.0 Å². The summed E-state index contributed by atoms with van der Waals surface area (Å²) in [5.74, 6) is -1.20. The van der Waals surface area contributed by atoms with Crippen LogP contribution in [-0.4, -0.2) is 32.9 Å². The molecule has 0 radical (unpaired) electrons. The zero-order chi connectivity index (χ0) is 25.6. The lowest BCUT2D eigenvalue weighted by Crippen LogP contribution is -2.28. The third-order valence-electron chi connectivity index (χ3n) is 5.09. The molecular formula is C24H24F4N2O4S. The summed E-state index contributed by atoms with van der Waals surface area (Å²) >= 11 is 0. The van der Waals surface area contributed by atoms with Crippen molar-refractivity contribution in [3.63, 3.8) is 0 Å². The number of hydrogen-bond acceptors (Lipinski definition) is 5. The fourth-order valence-electron chi connectivity index (χ4n) is 3.45. The zero-order valence-corrected chi connectivity index (χ0v) is 19.4. The second kappa shape index (κ2) is 11.5. The van der Waals surface area contributed by atoms with E-state index < -0.39 is 40.4 Å². The molecule has 0 amide bonds. The van der Waals surface area contributed by atoms with Crippen molar-refractivity contribution in [2.75, 3.05) is 17.5 Å². The Morgan fingerprint density at radius 1 is 0.943 bits per heavy atom. The molecule has 0 saturated heterocycles. The molecular weight excluding hydrogens is 488 g/mol. The van der Waals surface area contributed by atoms with E-state index in [0.29, 0.717) is 12.0 Å². The Morgan fingerprint density at radius 2 is 1.57 bits per heavy atom. The highest BCUT2D eigenvalue weighted by atomic mass is 32.2. The number of anilines is 1. The van der Waals surface area contributed by atoms with E-state index in [4.69, 9.17) is 0 Å². The van der Waals surface area contributed by atoms with Gasteiger partial charge in [0, 0.05) is 12.6 Å². The van der Waals surface area contributed by atoms with E-state index in [9.17, 15) is 31.1 Å². The van der Waals surface area contributed by atoms with Gasteiger partial charge >= 0.3 is 6.61 Å². The van der Waals surface area contributed by atoms with E-state index in [1.807, 2.05) is 0 Å². The lowest BCUT2D eigenvalue weighted by molar-refractivity contribution is -0.0498. The molecule has 0 unspecified atom stereocenters. The van der Waals surface area contributed by atoms with Crippen molar-refractivity contribution in [1.29, 1.82) is 0 Å². The first kappa shape index (κ1) is 26.5. The molecule has 0 heterocycles.